The minimum atomic E-state index is -1.32. The fraction of sp³-hybridized carbons (Fsp3) is 0.200. The molecule has 3 aromatic carbocycles. The Balaban J connectivity index is 1.40. The van der Waals surface area contributed by atoms with Gasteiger partial charge in [0.2, 0.25) is 0 Å². The number of esters is 2. The van der Waals surface area contributed by atoms with Gasteiger partial charge in [0.05, 0.1) is 16.7 Å². The first-order valence-electron chi connectivity index (χ1n) is 12.7. The third-order valence-electron chi connectivity index (χ3n) is 6.10. The van der Waals surface area contributed by atoms with Crippen LogP contribution in [0.1, 0.15) is 44.9 Å². The van der Waals surface area contributed by atoms with Crippen molar-refractivity contribution >= 4 is 46.9 Å². The molecule has 0 saturated heterocycles. The van der Waals surface area contributed by atoms with Crippen molar-refractivity contribution in [2.75, 3.05) is 23.8 Å². The van der Waals surface area contributed by atoms with E-state index in [1.165, 1.54) is 18.2 Å². The summed E-state index contributed by atoms with van der Waals surface area (Å²) >= 11 is 0. The highest BCUT2D eigenvalue weighted by molar-refractivity contribution is 6.23. The van der Waals surface area contributed by atoms with E-state index < -0.39 is 60.7 Å². The molecule has 0 bridgehead atoms. The topological polar surface area (TPSA) is 148 Å². The lowest BCUT2D eigenvalue weighted by atomic mass is 10.0. The SMILES string of the molecule is CC(C)C(C(=O)OCC(=O)Nc1ccccc1)N1C(=O)c2ccc(C(=O)OCC(=O)Nc3ccccc3)cc2C1=O. The van der Waals surface area contributed by atoms with E-state index in [0.717, 1.165) is 4.90 Å². The number of amides is 4. The predicted molar refractivity (Wildman–Crippen MR) is 147 cm³/mol. The molecule has 4 amide bonds. The maximum absolute atomic E-state index is 13.3. The number of hydrogen-bond acceptors (Lipinski definition) is 8. The summed E-state index contributed by atoms with van der Waals surface area (Å²) in [4.78, 5) is 77.1. The maximum atomic E-state index is 13.3. The van der Waals surface area contributed by atoms with Gasteiger partial charge in [-0.15, -0.1) is 0 Å². The van der Waals surface area contributed by atoms with E-state index in [1.54, 1.807) is 74.5 Å². The molecule has 1 aliphatic heterocycles. The van der Waals surface area contributed by atoms with Crippen LogP contribution in [0.4, 0.5) is 11.4 Å². The van der Waals surface area contributed by atoms with Gasteiger partial charge in [-0.05, 0) is 48.4 Å². The van der Waals surface area contributed by atoms with E-state index in [0.29, 0.717) is 11.4 Å². The van der Waals surface area contributed by atoms with Crippen LogP contribution in [0, 0.1) is 5.92 Å². The van der Waals surface area contributed by atoms with Gasteiger partial charge in [-0.3, -0.25) is 24.1 Å². The van der Waals surface area contributed by atoms with Crippen LogP contribution in [0.5, 0.6) is 0 Å². The fourth-order valence-electron chi connectivity index (χ4n) is 4.19. The summed E-state index contributed by atoms with van der Waals surface area (Å²) in [7, 11) is 0. The van der Waals surface area contributed by atoms with Crippen LogP contribution in [0.3, 0.4) is 0 Å². The highest BCUT2D eigenvalue weighted by atomic mass is 16.5. The molecule has 210 valence electrons. The molecule has 1 unspecified atom stereocenters. The molecule has 1 heterocycles. The van der Waals surface area contributed by atoms with Crippen molar-refractivity contribution < 1.29 is 38.2 Å². The Morgan fingerprint density at radius 3 is 1.76 bits per heavy atom. The summed E-state index contributed by atoms with van der Waals surface area (Å²) in [5.41, 5.74) is 0.887. The van der Waals surface area contributed by atoms with Crippen LogP contribution in [0.15, 0.2) is 78.9 Å². The summed E-state index contributed by atoms with van der Waals surface area (Å²) in [5.74, 6) is -5.04. The fourth-order valence-corrected chi connectivity index (χ4v) is 4.19. The number of carbonyl (C=O) groups excluding carboxylic acids is 6. The average molecular weight is 558 g/mol. The summed E-state index contributed by atoms with van der Waals surface area (Å²) in [6.45, 7) is 2.07. The van der Waals surface area contributed by atoms with Gasteiger partial charge in [-0.1, -0.05) is 50.2 Å². The number of anilines is 2. The van der Waals surface area contributed by atoms with E-state index in [4.69, 9.17) is 9.47 Å². The van der Waals surface area contributed by atoms with Gasteiger partial charge in [0.15, 0.2) is 13.2 Å². The van der Waals surface area contributed by atoms with Crippen LogP contribution in [0.25, 0.3) is 0 Å². The smallest absolute Gasteiger partial charge is 0.338 e. The Bertz CT molecular complexity index is 1490. The van der Waals surface area contributed by atoms with E-state index in [1.807, 2.05) is 0 Å². The quantitative estimate of drug-likeness (QED) is 0.285. The monoisotopic (exact) mass is 557 g/mol. The second-order valence-electron chi connectivity index (χ2n) is 9.44. The zero-order chi connectivity index (χ0) is 29.5. The second kappa shape index (κ2) is 12.7. The Labute approximate surface area is 235 Å². The number of fused-ring (bicyclic) bond motifs is 1. The molecule has 1 atom stereocenters. The molecule has 0 fully saturated rings. The van der Waals surface area contributed by atoms with Gasteiger partial charge < -0.3 is 20.1 Å². The maximum Gasteiger partial charge on any atom is 0.338 e. The van der Waals surface area contributed by atoms with Crippen molar-refractivity contribution in [3.05, 3.63) is 95.6 Å². The van der Waals surface area contributed by atoms with Crippen LogP contribution >= 0.6 is 0 Å². The molecule has 0 aromatic heterocycles. The lowest BCUT2D eigenvalue weighted by molar-refractivity contribution is -0.152. The number of nitrogens with zero attached hydrogens (tertiary/aromatic N) is 1. The van der Waals surface area contributed by atoms with E-state index in [2.05, 4.69) is 10.6 Å². The highest BCUT2D eigenvalue weighted by Gasteiger charge is 2.45. The molecule has 3 aromatic rings. The molecule has 0 spiro atoms. The Morgan fingerprint density at radius 2 is 1.22 bits per heavy atom. The molecule has 11 heteroatoms. The first-order chi connectivity index (χ1) is 19.7. The third kappa shape index (κ3) is 6.82. The number of para-hydroxylation sites is 2. The van der Waals surface area contributed by atoms with Gasteiger partial charge >= 0.3 is 11.9 Å². The van der Waals surface area contributed by atoms with Crippen molar-refractivity contribution in [1.29, 1.82) is 0 Å². The Morgan fingerprint density at radius 1 is 0.707 bits per heavy atom. The van der Waals surface area contributed by atoms with Crippen molar-refractivity contribution in [2.45, 2.75) is 19.9 Å². The van der Waals surface area contributed by atoms with Crippen LogP contribution in [-0.2, 0) is 23.9 Å². The van der Waals surface area contributed by atoms with E-state index in [9.17, 15) is 28.8 Å². The number of nitrogens with one attached hydrogen (secondary N) is 2. The van der Waals surface area contributed by atoms with Crippen molar-refractivity contribution in [2.24, 2.45) is 5.92 Å². The van der Waals surface area contributed by atoms with Crippen LogP contribution in [0.2, 0.25) is 0 Å². The Kier molecular flexibility index (Phi) is 8.88. The number of hydrogen-bond donors (Lipinski definition) is 2. The van der Waals surface area contributed by atoms with Crippen LogP contribution < -0.4 is 10.6 Å². The standard InChI is InChI=1S/C30H27N3O8/c1-18(2)26(30(39)41-17-25(35)32-21-11-7-4-8-12-21)33-27(36)22-14-13-19(15-23(22)28(33)37)29(38)40-16-24(34)31-20-9-5-3-6-10-20/h3-15,18,26H,16-17H2,1-2H3,(H,31,34)(H,32,35). The molecular formula is C30H27N3O8. The summed E-state index contributed by atoms with van der Waals surface area (Å²) in [6.07, 6.45) is 0. The molecule has 4 rings (SSSR count). The summed E-state index contributed by atoms with van der Waals surface area (Å²) < 4.78 is 10.2. The number of imide groups is 1. The van der Waals surface area contributed by atoms with Crippen LogP contribution in [-0.4, -0.2) is 59.7 Å². The second-order valence-corrected chi connectivity index (χ2v) is 9.44. The molecular weight excluding hydrogens is 530 g/mol. The molecule has 2 N–H and O–H groups in total. The average Bonchev–Trinajstić information content (AvgIpc) is 3.20. The number of benzene rings is 3. The zero-order valence-electron chi connectivity index (χ0n) is 22.3. The first kappa shape index (κ1) is 28.7. The van der Waals surface area contributed by atoms with E-state index >= 15 is 0 Å². The Hall–Kier alpha value is -5.32. The van der Waals surface area contributed by atoms with Crippen molar-refractivity contribution in [3.8, 4) is 0 Å². The molecule has 0 saturated carbocycles. The lowest BCUT2D eigenvalue weighted by Crippen LogP contribution is -2.49. The molecule has 0 radical (unpaired) electrons. The molecule has 0 aliphatic carbocycles. The van der Waals surface area contributed by atoms with Crippen molar-refractivity contribution in [1.82, 2.24) is 4.90 Å². The van der Waals surface area contributed by atoms with Gasteiger partial charge in [0, 0.05) is 11.4 Å². The van der Waals surface area contributed by atoms with Gasteiger partial charge in [-0.2, -0.15) is 0 Å². The number of rotatable bonds is 10. The van der Waals surface area contributed by atoms with Gasteiger partial charge in [0.1, 0.15) is 6.04 Å². The normalized spacial score (nSPS) is 12.9. The predicted octanol–water partition coefficient (Wildman–Crippen LogP) is 3.28. The van der Waals surface area contributed by atoms with Gasteiger partial charge in [0.25, 0.3) is 23.6 Å². The van der Waals surface area contributed by atoms with Gasteiger partial charge in [-0.25, -0.2) is 9.59 Å². The minimum absolute atomic E-state index is 0.00589. The zero-order valence-corrected chi connectivity index (χ0v) is 22.3. The first-order valence-corrected chi connectivity index (χ1v) is 12.7. The third-order valence-corrected chi connectivity index (χ3v) is 6.10. The molecule has 11 nitrogen and oxygen atoms in total. The highest BCUT2D eigenvalue weighted by Crippen LogP contribution is 2.29. The number of carbonyl (C=O) groups is 6. The minimum Gasteiger partial charge on any atom is -0.454 e. The summed E-state index contributed by atoms with van der Waals surface area (Å²) in [5, 5.41) is 5.16. The molecule has 41 heavy (non-hydrogen) atoms. The summed E-state index contributed by atoms with van der Waals surface area (Å²) in [6, 6.07) is 19.6. The largest absolute Gasteiger partial charge is 0.454 e. The van der Waals surface area contributed by atoms with E-state index in [-0.39, 0.29) is 16.7 Å². The number of ether oxygens (including phenoxy) is 2. The lowest BCUT2D eigenvalue weighted by Gasteiger charge is -2.27. The van der Waals surface area contributed by atoms with Crippen molar-refractivity contribution in [3.63, 3.8) is 0 Å². The molecule has 1 aliphatic rings.